The van der Waals surface area contributed by atoms with Gasteiger partial charge in [0.1, 0.15) is 28.6 Å². The molecule has 1 heterocycles. The van der Waals surface area contributed by atoms with Crippen molar-refractivity contribution in [3.05, 3.63) is 58.1 Å². The van der Waals surface area contributed by atoms with Gasteiger partial charge in [-0.3, -0.25) is 19.3 Å². The van der Waals surface area contributed by atoms with Gasteiger partial charge in [0.15, 0.2) is 11.4 Å². The number of carbonyl (C=O) groups is 3. The minimum Gasteiger partial charge on any atom is -0.508 e. The van der Waals surface area contributed by atoms with E-state index in [1.165, 1.54) is 11.0 Å². The second kappa shape index (κ2) is 8.85. The first kappa shape index (κ1) is 25.7. The first-order valence-corrected chi connectivity index (χ1v) is 12.5. The molecule has 2 aromatic rings. The number of carbonyl (C=O) groups excluding carboxylic acids is 3. The maximum Gasteiger partial charge on any atom is 0.255 e. The van der Waals surface area contributed by atoms with Crippen LogP contribution in [0.15, 0.2) is 45.8 Å². The lowest BCUT2D eigenvalue weighted by molar-refractivity contribution is -0.153. The number of aliphatic hydroxyl groups excluding tert-OH is 2. The Balaban J connectivity index is 1.73. The molecule has 3 aliphatic carbocycles. The zero-order valence-electron chi connectivity index (χ0n) is 21.3. The zero-order chi connectivity index (χ0) is 27.7. The number of aryl methyl sites for hydroxylation is 1. The van der Waals surface area contributed by atoms with Crippen LogP contribution in [-0.4, -0.2) is 68.5 Å². The molecule has 10 heteroatoms. The van der Waals surface area contributed by atoms with Gasteiger partial charge >= 0.3 is 0 Å². The third-order valence-electron chi connectivity index (χ3n) is 8.11. The molecular weight excluding hydrogens is 492 g/mol. The summed E-state index contributed by atoms with van der Waals surface area (Å²) < 4.78 is 5.79. The van der Waals surface area contributed by atoms with Crippen LogP contribution in [-0.2, 0) is 27.2 Å². The Morgan fingerprint density at radius 1 is 1.18 bits per heavy atom. The summed E-state index contributed by atoms with van der Waals surface area (Å²) >= 11 is 0. The molecule has 1 saturated carbocycles. The molecule has 5 rings (SSSR count). The standard InChI is InChI=1S/C28H30N2O8/c1-4-5-12-8-9-38-24(12)14-6-7-17(31)19-15(14)10-13-11-16-21(30(2)3)23(33)20(27(29)36)26(35)28(16,37)25(34)18(13)22(19)32/h6-9,13,16,21,31-32,35,37H,4-5,10-11H2,1-3H3,(H2,29,36)/t13-,16-,21-,28-/m0/s1. The van der Waals surface area contributed by atoms with Crippen LogP contribution in [0.4, 0.5) is 0 Å². The van der Waals surface area contributed by atoms with Gasteiger partial charge < -0.3 is 30.6 Å². The lowest BCUT2D eigenvalue weighted by atomic mass is 9.57. The number of fused-ring (bicyclic) bond motifs is 3. The molecule has 1 aromatic carbocycles. The number of ketones is 2. The van der Waals surface area contributed by atoms with E-state index in [4.69, 9.17) is 10.2 Å². The van der Waals surface area contributed by atoms with Crippen molar-refractivity contribution in [2.24, 2.45) is 17.6 Å². The fourth-order valence-electron chi connectivity index (χ4n) is 6.49. The maximum atomic E-state index is 13.9. The third kappa shape index (κ3) is 3.36. The van der Waals surface area contributed by atoms with Crippen molar-refractivity contribution in [3.63, 3.8) is 0 Å². The van der Waals surface area contributed by atoms with Crippen LogP contribution < -0.4 is 5.73 Å². The molecule has 0 unspecified atom stereocenters. The number of rotatable bonds is 5. The number of benzene rings is 1. The Morgan fingerprint density at radius 2 is 1.89 bits per heavy atom. The number of aromatic hydroxyl groups is 1. The van der Waals surface area contributed by atoms with Crippen molar-refractivity contribution in [2.45, 2.75) is 44.2 Å². The van der Waals surface area contributed by atoms with E-state index in [1.54, 1.807) is 26.4 Å². The monoisotopic (exact) mass is 522 g/mol. The van der Waals surface area contributed by atoms with Crippen LogP contribution in [0, 0.1) is 11.8 Å². The number of nitrogens with zero attached hydrogens (tertiary/aromatic N) is 1. The summed E-state index contributed by atoms with van der Waals surface area (Å²) in [5.41, 5.74) is 3.91. The topological polar surface area (TPSA) is 175 Å². The SMILES string of the molecule is CCCc1ccoc1-c1ccc(O)c2c1C[C@H]1C[C@H]3[C@H](N(C)C)C(=O)C(C(N)=O)=C(O)[C@@]3(O)C(=O)C1=C2O. The summed E-state index contributed by atoms with van der Waals surface area (Å²) in [5.74, 6) is -6.15. The van der Waals surface area contributed by atoms with Crippen LogP contribution in [0.2, 0.25) is 0 Å². The maximum absolute atomic E-state index is 13.9. The van der Waals surface area contributed by atoms with Gasteiger partial charge in [-0.15, -0.1) is 0 Å². The summed E-state index contributed by atoms with van der Waals surface area (Å²) in [6, 6.07) is 3.84. The van der Waals surface area contributed by atoms with Crippen LogP contribution in [0.5, 0.6) is 5.75 Å². The number of nitrogens with two attached hydrogens (primary N) is 1. The number of phenols is 1. The largest absolute Gasteiger partial charge is 0.508 e. The molecule has 10 nitrogen and oxygen atoms in total. The number of hydrogen-bond donors (Lipinski definition) is 5. The van der Waals surface area contributed by atoms with Crippen LogP contribution in [0.1, 0.15) is 36.5 Å². The highest BCUT2D eigenvalue weighted by molar-refractivity contribution is 6.24. The number of phenolic OH excluding ortho intramolecular Hbond substituents is 1. The highest BCUT2D eigenvalue weighted by Gasteiger charge is 2.64. The summed E-state index contributed by atoms with van der Waals surface area (Å²) in [5, 5.41) is 44.7. The van der Waals surface area contributed by atoms with Gasteiger partial charge in [-0.2, -0.15) is 0 Å². The number of Topliss-reactive ketones (excluding diaryl/α,β-unsaturated/α-hetero) is 2. The predicted molar refractivity (Wildman–Crippen MR) is 136 cm³/mol. The van der Waals surface area contributed by atoms with Crippen molar-refractivity contribution in [2.75, 3.05) is 14.1 Å². The van der Waals surface area contributed by atoms with Crippen molar-refractivity contribution in [1.82, 2.24) is 4.90 Å². The Hall–Kier alpha value is -3.89. The fourth-order valence-corrected chi connectivity index (χ4v) is 6.49. The van der Waals surface area contributed by atoms with E-state index in [0.717, 1.165) is 18.4 Å². The minimum atomic E-state index is -2.66. The van der Waals surface area contributed by atoms with Crippen molar-refractivity contribution in [1.29, 1.82) is 0 Å². The van der Waals surface area contributed by atoms with Gasteiger partial charge in [-0.05, 0) is 68.6 Å². The van der Waals surface area contributed by atoms with Gasteiger partial charge in [0.05, 0.1) is 17.9 Å². The number of hydrogen-bond acceptors (Lipinski definition) is 9. The van der Waals surface area contributed by atoms with Gasteiger partial charge in [0.25, 0.3) is 5.91 Å². The molecule has 0 aliphatic heterocycles. The second-order valence-electron chi connectivity index (χ2n) is 10.5. The normalized spacial score (nSPS) is 26.9. The van der Waals surface area contributed by atoms with Gasteiger partial charge in [-0.25, -0.2) is 0 Å². The molecule has 1 aromatic heterocycles. The van der Waals surface area contributed by atoms with E-state index in [9.17, 15) is 34.8 Å². The smallest absolute Gasteiger partial charge is 0.255 e. The quantitative estimate of drug-likeness (QED) is 0.369. The molecule has 0 spiro atoms. The highest BCUT2D eigenvalue weighted by Crippen LogP contribution is 2.53. The molecule has 0 saturated heterocycles. The first-order chi connectivity index (χ1) is 17.9. The Kier molecular flexibility index (Phi) is 6.00. The van der Waals surface area contributed by atoms with Crippen LogP contribution >= 0.6 is 0 Å². The Labute approximate surface area is 218 Å². The molecule has 38 heavy (non-hydrogen) atoms. The fraction of sp³-hybridized carbons (Fsp3) is 0.393. The third-order valence-corrected chi connectivity index (χ3v) is 8.11. The summed E-state index contributed by atoms with van der Waals surface area (Å²) in [6.45, 7) is 2.04. The Bertz CT molecular complexity index is 1450. The lowest BCUT2D eigenvalue weighted by Crippen LogP contribution is -2.65. The number of amides is 1. The summed E-state index contributed by atoms with van der Waals surface area (Å²) in [6.07, 6.45) is 3.44. The number of primary amides is 1. The molecule has 0 radical (unpaired) electrons. The number of aliphatic hydroxyl groups is 3. The predicted octanol–water partition coefficient (Wildman–Crippen LogP) is 2.18. The average Bonchev–Trinajstić information content (AvgIpc) is 3.29. The number of furan rings is 1. The molecule has 3 aliphatic rings. The molecule has 1 amide bonds. The Morgan fingerprint density at radius 3 is 2.53 bits per heavy atom. The van der Waals surface area contributed by atoms with E-state index in [-0.39, 0.29) is 29.7 Å². The summed E-state index contributed by atoms with van der Waals surface area (Å²) in [7, 11) is 3.13. The molecule has 6 N–H and O–H groups in total. The molecule has 0 bridgehead atoms. The van der Waals surface area contributed by atoms with Gasteiger partial charge in [0.2, 0.25) is 5.78 Å². The van der Waals surface area contributed by atoms with Gasteiger partial charge in [0, 0.05) is 17.1 Å². The van der Waals surface area contributed by atoms with Crippen LogP contribution in [0.25, 0.3) is 17.1 Å². The minimum absolute atomic E-state index is 0.0286. The molecular formula is C28H30N2O8. The molecule has 4 atom stereocenters. The van der Waals surface area contributed by atoms with Crippen molar-refractivity contribution in [3.8, 4) is 17.1 Å². The summed E-state index contributed by atoms with van der Waals surface area (Å²) in [4.78, 5) is 40.7. The lowest BCUT2D eigenvalue weighted by Gasteiger charge is -2.50. The van der Waals surface area contributed by atoms with Crippen LogP contribution in [0.3, 0.4) is 0 Å². The second-order valence-corrected chi connectivity index (χ2v) is 10.5. The zero-order valence-corrected chi connectivity index (χ0v) is 21.3. The van der Waals surface area contributed by atoms with Crippen molar-refractivity contribution < 1.29 is 39.2 Å². The van der Waals surface area contributed by atoms with E-state index in [0.29, 0.717) is 16.9 Å². The van der Waals surface area contributed by atoms with E-state index in [1.807, 2.05) is 13.0 Å². The van der Waals surface area contributed by atoms with E-state index in [2.05, 4.69) is 0 Å². The molecule has 200 valence electrons. The highest BCUT2D eigenvalue weighted by atomic mass is 16.3. The number of likely N-dealkylation sites (N-methyl/N-ethyl adjacent to an activating group) is 1. The van der Waals surface area contributed by atoms with E-state index >= 15 is 0 Å². The van der Waals surface area contributed by atoms with E-state index < -0.39 is 58.0 Å². The van der Waals surface area contributed by atoms with Crippen molar-refractivity contribution >= 4 is 23.2 Å². The first-order valence-electron chi connectivity index (χ1n) is 12.5. The van der Waals surface area contributed by atoms with Gasteiger partial charge in [-0.1, -0.05) is 13.3 Å². The molecule has 1 fully saturated rings. The average molecular weight is 523 g/mol.